The van der Waals surface area contributed by atoms with Gasteiger partial charge in [-0.25, -0.2) is 9.78 Å². The maximum absolute atomic E-state index is 13.3. The van der Waals surface area contributed by atoms with Crippen LogP contribution < -0.4 is 15.2 Å². The van der Waals surface area contributed by atoms with Crippen molar-refractivity contribution in [3.8, 4) is 22.8 Å². The first-order valence-electron chi connectivity index (χ1n) is 10.2. The number of carbonyl (C=O) groups excluding carboxylic acids is 2. The standard InChI is InChI=1S/C26H22N2O5/c1-31-22-13-12-17(14-23(22)32-2)21-15-19(18-10-6-7-11-20(18)28-21)26(30)33-24(25(27)29)16-8-4-3-5-9-16/h3-15,24H,1-2H3,(H2,27,29). The lowest BCUT2D eigenvalue weighted by atomic mass is 10.0. The third-order valence-electron chi connectivity index (χ3n) is 5.20. The number of carbonyl (C=O) groups is 2. The Labute approximate surface area is 190 Å². The summed E-state index contributed by atoms with van der Waals surface area (Å²) in [6, 6.07) is 22.9. The number of ether oxygens (including phenoxy) is 3. The third kappa shape index (κ3) is 4.48. The number of primary amides is 1. The van der Waals surface area contributed by atoms with Crippen LogP contribution in [0.15, 0.2) is 78.9 Å². The molecular formula is C26H22N2O5. The molecule has 0 aliphatic carbocycles. The summed E-state index contributed by atoms with van der Waals surface area (Å²) < 4.78 is 16.3. The monoisotopic (exact) mass is 442 g/mol. The van der Waals surface area contributed by atoms with Crippen molar-refractivity contribution in [2.24, 2.45) is 5.73 Å². The molecule has 0 saturated heterocycles. The molecule has 166 valence electrons. The minimum atomic E-state index is -1.21. The lowest BCUT2D eigenvalue weighted by Crippen LogP contribution is -2.26. The van der Waals surface area contributed by atoms with Crippen molar-refractivity contribution in [2.75, 3.05) is 14.2 Å². The summed E-state index contributed by atoms with van der Waals surface area (Å²) in [5.74, 6) is -0.322. The van der Waals surface area contributed by atoms with Crippen LogP contribution in [0.5, 0.6) is 11.5 Å². The van der Waals surface area contributed by atoms with Crippen LogP contribution in [-0.2, 0) is 9.53 Å². The van der Waals surface area contributed by atoms with Gasteiger partial charge in [-0.2, -0.15) is 0 Å². The van der Waals surface area contributed by atoms with E-state index in [4.69, 9.17) is 24.9 Å². The first-order chi connectivity index (χ1) is 16.0. The Kier molecular flexibility index (Phi) is 6.22. The van der Waals surface area contributed by atoms with Crippen molar-refractivity contribution in [3.05, 3.63) is 90.0 Å². The second-order valence-electron chi connectivity index (χ2n) is 7.24. The van der Waals surface area contributed by atoms with E-state index in [0.29, 0.717) is 33.7 Å². The maximum atomic E-state index is 13.3. The van der Waals surface area contributed by atoms with Gasteiger partial charge in [0.25, 0.3) is 5.91 Å². The van der Waals surface area contributed by atoms with Crippen LogP contribution in [-0.4, -0.2) is 31.1 Å². The van der Waals surface area contributed by atoms with Crippen molar-refractivity contribution in [2.45, 2.75) is 6.10 Å². The number of fused-ring (bicyclic) bond motifs is 1. The van der Waals surface area contributed by atoms with Crippen LogP contribution >= 0.6 is 0 Å². The molecule has 0 bridgehead atoms. The minimum Gasteiger partial charge on any atom is -0.493 e. The van der Waals surface area contributed by atoms with E-state index < -0.39 is 18.0 Å². The predicted octanol–water partition coefficient (Wildman–Crippen LogP) is 4.30. The number of amides is 1. The number of benzene rings is 3. The van der Waals surface area contributed by atoms with Gasteiger partial charge in [0.2, 0.25) is 6.10 Å². The Bertz CT molecular complexity index is 1320. The Hall–Kier alpha value is -4.39. The van der Waals surface area contributed by atoms with E-state index >= 15 is 0 Å². The van der Waals surface area contributed by atoms with Gasteiger partial charge in [0.1, 0.15) is 0 Å². The molecule has 1 atom stereocenters. The second-order valence-corrected chi connectivity index (χ2v) is 7.24. The van der Waals surface area contributed by atoms with Gasteiger partial charge in [-0.1, -0.05) is 48.5 Å². The van der Waals surface area contributed by atoms with Crippen LogP contribution in [0.1, 0.15) is 22.0 Å². The molecule has 1 amide bonds. The van der Waals surface area contributed by atoms with E-state index in [9.17, 15) is 9.59 Å². The van der Waals surface area contributed by atoms with Gasteiger partial charge < -0.3 is 19.9 Å². The first kappa shape index (κ1) is 21.8. The van der Waals surface area contributed by atoms with E-state index in [1.165, 1.54) is 0 Å². The molecule has 0 saturated carbocycles. The summed E-state index contributed by atoms with van der Waals surface area (Å²) in [4.78, 5) is 30.0. The smallest absolute Gasteiger partial charge is 0.340 e. The van der Waals surface area contributed by atoms with E-state index in [0.717, 1.165) is 5.56 Å². The molecule has 4 rings (SSSR count). The lowest BCUT2D eigenvalue weighted by molar-refractivity contribution is -0.127. The number of para-hydroxylation sites is 1. The number of hydrogen-bond donors (Lipinski definition) is 1. The van der Waals surface area contributed by atoms with Gasteiger partial charge in [0, 0.05) is 16.5 Å². The molecule has 0 aliphatic heterocycles. The number of pyridine rings is 1. The fourth-order valence-corrected chi connectivity index (χ4v) is 3.58. The molecule has 1 aromatic heterocycles. The molecule has 2 N–H and O–H groups in total. The highest BCUT2D eigenvalue weighted by atomic mass is 16.5. The molecule has 0 radical (unpaired) electrons. The zero-order valence-electron chi connectivity index (χ0n) is 18.1. The average molecular weight is 442 g/mol. The Balaban J connectivity index is 1.79. The molecule has 3 aromatic carbocycles. The number of esters is 1. The minimum absolute atomic E-state index is 0.271. The summed E-state index contributed by atoms with van der Waals surface area (Å²) in [6.45, 7) is 0. The van der Waals surface area contributed by atoms with E-state index in [1.807, 2.05) is 12.1 Å². The van der Waals surface area contributed by atoms with E-state index in [2.05, 4.69) is 0 Å². The maximum Gasteiger partial charge on any atom is 0.340 e. The van der Waals surface area contributed by atoms with Crippen LogP contribution in [0.4, 0.5) is 0 Å². The zero-order valence-corrected chi connectivity index (χ0v) is 18.1. The molecule has 7 nitrogen and oxygen atoms in total. The molecule has 1 heterocycles. The zero-order chi connectivity index (χ0) is 23.4. The Morgan fingerprint density at radius 2 is 1.55 bits per heavy atom. The number of hydrogen-bond acceptors (Lipinski definition) is 6. The van der Waals surface area contributed by atoms with Gasteiger partial charge in [0.15, 0.2) is 11.5 Å². The third-order valence-corrected chi connectivity index (χ3v) is 5.20. The number of nitrogens with zero attached hydrogens (tertiary/aromatic N) is 1. The SMILES string of the molecule is COc1ccc(-c2cc(C(=O)OC(C(N)=O)c3ccccc3)c3ccccc3n2)cc1OC. The Morgan fingerprint density at radius 1 is 0.848 bits per heavy atom. The van der Waals surface area contributed by atoms with Crippen molar-refractivity contribution < 1.29 is 23.8 Å². The molecular weight excluding hydrogens is 420 g/mol. The van der Waals surface area contributed by atoms with E-state index in [-0.39, 0.29) is 5.56 Å². The summed E-state index contributed by atoms with van der Waals surface area (Å²) in [7, 11) is 3.10. The molecule has 4 aromatic rings. The summed E-state index contributed by atoms with van der Waals surface area (Å²) >= 11 is 0. The van der Waals surface area contributed by atoms with Gasteiger partial charge in [0.05, 0.1) is 31.0 Å². The van der Waals surface area contributed by atoms with Gasteiger partial charge >= 0.3 is 5.97 Å². The number of rotatable bonds is 7. The molecule has 0 spiro atoms. The largest absolute Gasteiger partial charge is 0.493 e. The van der Waals surface area contributed by atoms with Crippen LogP contribution in [0, 0.1) is 0 Å². The molecule has 0 fully saturated rings. The quantitative estimate of drug-likeness (QED) is 0.428. The Morgan fingerprint density at radius 3 is 2.24 bits per heavy atom. The molecule has 0 aliphatic rings. The summed E-state index contributed by atoms with van der Waals surface area (Å²) in [5.41, 5.74) is 8.17. The highest BCUT2D eigenvalue weighted by molar-refractivity contribution is 6.05. The highest BCUT2D eigenvalue weighted by Gasteiger charge is 2.25. The lowest BCUT2D eigenvalue weighted by Gasteiger charge is -2.16. The summed E-state index contributed by atoms with van der Waals surface area (Å²) in [5, 5.41) is 0.600. The molecule has 1 unspecified atom stereocenters. The average Bonchev–Trinajstić information content (AvgIpc) is 2.86. The molecule has 7 heteroatoms. The fraction of sp³-hybridized carbons (Fsp3) is 0.115. The van der Waals surface area contributed by atoms with Gasteiger partial charge in [-0.05, 0) is 30.3 Å². The van der Waals surface area contributed by atoms with Crippen molar-refractivity contribution >= 4 is 22.8 Å². The van der Waals surface area contributed by atoms with Crippen LogP contribution in [0.3, 0.4) is 0 Å². The van der Waals surface area contributed by atoms with Gasteiger partial charge in [-0.3, -0.25) is 4.79 Å². The number of methoxy groups -OCH3 is 2. The second kappa shape index (κ2) is 9.40. The first-order valence-corrected chi connectivity index (χ1v) is 10.2. The normalized spacial score (nSPS) is 11.6. The van der Waals surface area contributed by atoms with Crippen LogP contribution in [0.2, 0.25) is 0 Å². The van der Waals surface area contributed by atoms with Gasteiger partial charge in [-0.15, -0.1) is 0 Å². The fourth-order valence-electron chi connectivity index (χ4n) is 3.58. The van der Waals surface area contributed by atoms with Crippen molar-refractivity contribution in [1.82, 2.24) is 4.98 Å². The molecule has 33 heavy (non-hydrogen) atoms. The number of aromatic nitrogens is 1. The number of nitrogens with two attached hydrogens (primary N) is 1. The summed E-state index contributed by atoms with van der Waals surface area (Å²) in [6.07, 6.45) is -1.21. The van der Waals surface area contributed by atoms with Crippen LogP contribution in [0.25, 0.3) is 22.2 Å². The van der Waals surface area contributed by atoms with Crippen molar-refractivity contribution in [3.63, 3.8) is 0 Å². The van der Waals surface area contributed by atoms with E-state index in [1.54, 1.807) is 80.9 Å². The highest BCUT2D eigenvalue weighted by Crippen LogP contribution is 2.33. The topological polar surface area (TPSA) is 101 Å². The van der Waals surface area contributed by atoms with Crippen molar-refractivity contribution in [1.29, 1.82) is 0 Å². The predicted molar refractivity (Wildman–Crippen MR) is 124 cm³/mol.